The molecule has 5 rings (SSSR count). The Morgan fingerprint density at radius 1 is 1.09 bits per heavy atom. The number of halogens is 5. The van der Waals surface area contributed by atoms with Crippen LogP contribution in [0.2, 0.25) is 10.0 Å². The van der Waals surface area contributed by atoms with Crippen LogP contribution in [0.25, 0.3) is 5.69 Å². The zero-order chi connectivity index (χ0) is 42.6. The Labute approximate surface area is 359 Å². The van der Waals surface area contributed by atoms with Gasteiger partial charge in [-0.25, -0.2) is 4.79 Å². The van der Waals surface area contributed by atoms with Gasteiger partial charge in [0.15, 0.2) is 4.84 Å². The molecule has 0 saturated carbocycles. The summed E-state index contributed by atoms with van der Waals surface area (Å²) in [6.45, 7) is 14.6. The molecule has 0 aliphatic carbocycles. The Balaban J connectivity index is 0.000000232. The molecule has 1 aliphatic heterocycles. The predicted molar refractivity (Wildman–Crippen MR) is 230 cm³/mol. The third kappa shape index (κ3) is 12.3. The molecular formula is C41H47Cl5N4O7. The fourth-order valence-electron chi connectivity index (χ4n) is 5.71. The number of rotatable bonds is 10. The number of alkyl halides is 3. The summed E-state index contributed by atoms with van der Waals surface area (Å²) in [4.78, 5) is 38.4. The number of terminal acetylenes is 1. The highest BCUT2D eigenvalue weighted by molar-refractivity contribution is 6.54. The minimum Gasteiger partial charge on any atom is -0.489 e. The second-order valence-corrected chi connectivity index (χ2v) is 16.0. The highest BCUT2D eigenvalue weighted by Crippen LogP contribution is 2.35. The molecule has 3 aromatic carbocycles. The van der Waals surface area contributed by atoms with Crippen molar-refractivity contribution in [1.29, 1.82) is 0 Å². The van der Waals surface area contributed by atoms with E-state index in [2.05, 4.69) is 24.0 Å². The van der Waals surface area contributed by atoms with Gasteiger partial charge in [-0.05, 0) is 56.5 Å². The lowest BCUT2D eigenvalue weighted by Gasteiger charge is -2.35. The van der Waals surface area contributed by atoms with Crippen molar-refractivity contribution < 1.29 is 28.2 Å². The lowest BCUT2D eigenvalue weighted by atomic mass is 9.97. The van der Waals surface area contributed by atoms with Crippen LogP contribution in [0, 0.1) is 19.3 Å². The molecule has 0 spiro atoms. The molecule has 0 fully saturated rings. The number of para-hydroxylation sites is 3. The maximum Gasteiger partial charge on any atom is 0.442 e. The number of aromatic nitrogens is 2. The third-order valence-electron chi connectivity index (χ3n) is 8.37. The van der Waals surface area contributed by atoms with Crippen molar-refractivity contribution in [1.82, 2.24) is 9.78 Å². The first-order valence-electron chi connectivity index (χ1n) is 17.9. The molecule has 11 nitrogen and oxygen atoms in total. The van der Waals surface area contributed by atoms with Crippen LogP contribution in [0.3, 0.4) is 0 Å². The van der Waals surface area contributed by atoms with Gasteiger partial charge in [-0.3, -0.25) is 9.59 Å². The molecule has 0 radical (unpaired) electrons. The zero-order valence-corrected chi connectivity index (χ0v) is 36.9. The molecule has 16 heteroatoms. The number of ether oxygens (including phenoxy) is 3. The van der Waals surface area contributed by atoms with Crippen molar-refractivity contribution in [3.05, 3.63) is 92.2 Å². The number of carbonyl (C=O) groups excluding carboxylic acids is 2. The number of hydrogen-bond donors (Lipinski definition) is 0. The van der Waals surface area contributed by atoms with Crippen LogP contribution in [0.15, 0.2) is 63.8 Å². The third-order valence-corrected chi connectivity index (χ3v) is 9.57. The fraction of sp³-hybridized carbons (Fsp3) is 0.415. The second kappa shape index (κ2) is 21.8. The highest BCUT2D eigenvalue weighted by Gasteiger charge is 2.32. The van der Waals surface area contributed by atoms with Gasteiger partial charge in [-0.1, -0.05) is 110 Å². The van der Waals surface area contributed by atoms with Gasteiger partial charge in [0, 0.05) is 18.6 Å². The van der Waals surface area contributed by atoms with E-state index in [9.17, 15) is 14.4 Å². The molecule has 0 N–H and O–H groups in total. The summed E-state index contributed by atoms with van der Waals surface area (Å²) in [7, 11) is 1.64. The van der Waals surface area contributed by atoms with Crippen molar-refractivity contribution in [3.63, 3.8) is 0 Å². The van der Waals surface area contributed by atoms with Crippen molar-refractivity contribution in [2.75, 3.05) is 42.6 Å². The minimum atomic E-state index is -1.05. The van der Waals surface area contributed by atoms with E-state index in [4.69, 9.17) is 83.1 Å². The van der Waals surface area contributed by atoms with Crippen molar-refractivity contribution >= 4 is 81.2 Å². The maximum atomic E-state index is 12.2. The van der Waals surface area contributed by atoms with Crippen LogP contribution in [0.5, 0.6) is 11.5 Å². The zero-order valence-electron chi connectivity index (χ0n) is 33.1. The maximum absolute atomic E-state index is 12.2. The fourth-order valence-corrected chi connectivity index (χ4v) is 6.56. The number of carbonyl (C=O) groups is 2. The topological polar surface area (TPSA) is 116 Å². The van der Waals surface area contributed by atoms with Crippen LogP contribution in [0.1, 0.15) is 58.6 Å². The second-order valence-electron chi connectivity index (χ2n) is 13.8. The van der Waals surface area contributed by atoms with E-state index < -0.39 is 16.0 Å². The summed E-state index contributed by atoms with van der Waals surface area (Å²) in [5.41, 5.74) is 3.83. The summed E-state index contributed by atoms with van der Waals surface area (Å²) < 4.78 is 22.3. The predicted octanol–water partition coefficient (Wildman–Crippen LogP) is 9.21. The standard InChI is InChI=1S/C15H14Cl2N2O3.C15H22ClNO2.C11H11Cl2NO2/c1-5-6-21-12-8-11(9(16)7-10(12)17)19-14(20)22-13(18-19)15(2,3)4;1-5-13-8-6-7-11(2)15(13)17(14(18)9-16)12(3)10-19-4;1-7-6-16-9-5-3-2-4-8(9)14(7)11(15)10(12)13/h1,7-8H,6H2,2-4H3;6-8,12H,5,9-10H2,1-4H3;2-5,7,10H,6H2,1H3. The first-order valence-corrected chi connectivity index (χ1v) is 20.0. The number of amides is 2. The van der Waals surface area contributed by atoms with Crippen LogP contribution >= 0.6 is 58.0 Å². The molecule has 0 bridgehead atoms. The van der Waals surface area contributed by atoms with Gasteiger partial charge in [0.25, 0.3) is 5.91 Å². The van der Waals surface area contributed by atoms with Gasteiger partial charge >= 0.3 is 5.76 Å². The normalized spacial score (nSPS) is 13.8. The monoisotopic (exact) mass is 882 g/mol. The Kier molecular flexibility index (Phi) is 18.1. The molecule has 2 atom stereocenters. The molecule has 0 saturated heterocycles. The molecule has 2 heterocycles. The van der Waals surface area contributed by atoms with Crippen LogP contribution in [0.4, 0.5) is 11.4 Å². The average molecular weight is 885 g/mol. The van der Waals surface area contributed by atoms with Gasteiger partial charge in [-0.2, -0.15) is 4.68 Å². The smallest absolute Gasteiger partial charge is 0.442 e. The Bertz CT molecular complexity index is 2090. The van der Waals surface area contributed by atoms with Gasteiger partial charge in [-0.15, -0.1) is 23.1 Å². The molecule has 1 aromatic heterocycles. The number of fused-ring (bicyclic) bond motifs is 1. The lowest BCUT2D eigenvalue weighted by molar-refractivity contribution is -0.118. The summed E-state index contributed by atoms with van der Waals surface area (Å²) in [6.07, 6.45) is 6.03. The van der Waals surface area contributed by atoms with E-state index in [1.54, 1.807) is 16.9 Å². The molecule has 2 unspecified atom stereocenters. The van der Waals surface area contributed by atoms with E-state index in [1.807, 2.05) is 77.9 Å². The van der Waals surface area contributed by atoms with E-state index in [-0.39, 0.29) is 46.4 Å². The first kappa shape index (κ1) is 47.5. The largest absolute Gasteiger partial charge is 0.489 e. The number of methoxy groups -OCH3 is 1. The van der Waals surface area contributed by atoms with Crippen LogP contribution < -0.4 is 25.0 Å². The van der Waals surface area contributed by atoms with Crippen LogP contribution in [-0.2, 0) is 26.2 Å². The van der Waals surface area contributed by atoms with E-state index >= 15 is 0 Å². The molecule has 1 aliphatic rings. The summed E-state index contributed by atoms with van der Waals surface area (Å²) in [5.74, 6) is 2.57. The minimum absolute atomic E-state index is 0.0223. The number of hydrogen-bond acceptors (Lipinski definition) is 8. The van der Waals surface area contributed by atoms with Crippen molar-refractivity contribution in [2.45, 2.75) is 77.2 Å². The van der Waals surface area contributed by atoms with E-state index in [0.29, 0.717) is 36.3 Å². The molecule has 2 amide bonds. The number of nitrogens with zero attached hydrogens (tertiary/aromatic N) is 4. The average Bonchev–Trinajstić information content (AvgIpc) is 3.57. The highest BCUT2D eigenvalue weighted by atomic mass is 35.5. The van der Waals surface area contributed by atoms with Gasteiger partial charge in [0.2, 0.25) is 11.8 Å². The summed E-state index contributed by atoms with van der Waals surface area (Å²) >= 11 is 29.2. The number of aryl methyl sites for hydroxylation is 2. The first-order chi connectivity index (χ1) is 26.9. The molecule has 4 aromatic rings. The number of benzene rings is 3. The molecular weight excluding hydrogens is 838 g/mol. The Morgan fingerprint density at radius 2 is 1.77 bits per heavy atom. The molecule has 308 valence electrons. The van der Waals surface area contributed by atoms with Gasteiger partial charge in [0.05, 0.1) is 45.8 Å². The van der Waals surface area contributed by atoms with Crippen molar-refractivity contribution in [3.8, 4) is 29.5 Å². The van der Waals surface area contributed by atoms with E-state index in [0.717, 1.165) is 33.6 Å². The van der Waals surface area contributed by atoms with Gasteiger partial charge in [0.1, 0.15) is 30.6 Å². The van der Waals surface area contributed by atoms with Crippen LogP contribution in [-0.4, -0.2) is 71.3 Å². The quantitative estimate of drug-likeness (QED) is 0.114. The lowest BCUT2D eigenvalue weighted by Crippen LogP contribution is -2.47. The van der Waals surface area contributed by atoms with Gasteiger partial charge < -0.3 is 28.4 Å². The van der Waals surface area contributed by atoms with Crippen molar-refractivity contribution in [2.24, 2.45) is 0 Å². The number of anilines is 2. The summed E-state index contributed by atoms with van der Waals surface area (Å²) in [6, 6.07) is 16.3. The SMILES string of the molecule is C#CCOc1cc(-n2nc(C(C)(C)C)oc2=O)c(Cl)cc1Cl.CC1COc2ccccc2N1C(=O)C(Cl)Cl.CCc1cccc(C)c1N(C(=O)CCl)C(C)COC. The van der Waals surface area contributed by atoms with E-state index in [1.165, 1.54) is 12.1 Å². The summed E-state index contributed by atoms with van der Waals surface area (Å²) in [5, 5.41) is 4.71. The Morgan fingerprint density at radius 3 is 2.35 bits per heavy atom. The Hall–Kier alpha value is -3.89. The molecule has 57 heavy (non-hydrogen) atoms.